The van der Waals surface area contributed by atoms with E-state index in [0.717, 1.165) is 6.07 Å². The van der Waals surface area contributed by atoms with Crippen molar-refractivity contribution in [3.63, 3.8) is 0 Å². The molecule has 6 N–H and O–H groups in total. The minimum Gasteiger partial charge on any atom is -0.507 e. The zero-order chi connectivity index (χ0) is 28.0. The van der Waals surface area contributed by atoms with Crippen LogP contribution in [-0.2, 0) is 12.2 Å². The maximum absolute atomic E-state index is 13.6. The van der Waals surface area contributed by atoms with Crippen molar-refractivity contribution >= 4 is 17.3 Å². The van der Waals surface area contributed by atoms with Gasteiger partial charge in [-0.15, -0.1) is 0 Å². The number of carbonyl (C=O) groups excluding carboxylic acids is 3. The topological polar surface area (TPSA) is 173 Å². The van der Waals surface area contributed by atoms with Crippen LogP contribution in [0.3, 0.4) is 0 Å². The van der Waals surface area contributed by atoms with E-state index in [1.54, 1.807) is 6.92 Å². The number of hydrogen-bond acceptors (Lipinski definition) is 9. The third kappa shape index (κ3) is 3.05. The molecule has 9 heteroatoms. The molecule has 0 saturated carbocycles. The van der Waals surface area contributed by atoms with E-state index < -0.39 is 58.1 Å². The van der Waals surface area contributed by atoms with Crippen molar-refractivity contribution in [2.75, 3.05) is 0 Å². The number of aromatic hydroxyl groups is 4. The molecule has 0 saturated heterocycles. The highest BCUT2D eigenvalue weighted by Gasteiger charge is 2.49. The van der Waals surface area contributed by atoms with Crippen LogP contribution in [0.15, 0.2) is 54.6 Å². The molecule has 0 heterocycles. The van der Waals surface area contributed by atoms with E-state index in [1.807, 2.05) is 0 Å². The first-order chi connectivity index (χ1) is 18.5. The first kappa shape index (κ1) is 24.4. The first-order valence-electron chi connectivity index (χ1n) is 11.9. The van der Waals surface area contributed by atoms with E-state index in [1.165, 1.54) is 48.5 Å². The van der Waals surface area contributed by atoms with Gasteiger partial charge in [-0.3, -0.25) is 14.4 Å². The number of carbonyl (C=O) groups is 3. The lowest BCUT2D eigenvalue weighted by Crippen LogP contribution is -2.37. The summed E-state index contributed by atoms with van der Waals surface area (Å²) in [5.41, 5.74) is -4.09. The molecule has 2 aliphatic carbocycles. The monoisotopic (exact) mass is 524 g/mol. The van der Waals surface area contributed by atoms with Crippen molar-refractivity contribution < 1.29 is 45.0 Å². The third-order valence-electron chi connectivity index (χ3n) is 7.41. The number of hydrogen-bond donors (Lipinski definition) is 6. The Balaban J connectivity index is 1.70. The van der Waals surface area contributed by atoms with Crippen LogP contribution in [0.4, 0.5) is 0 Å². The Bertz CT molecular complexity index is 1820. The number of aliphatic hydroxyl groups excluding tert-OH is 1. The minimum absolute atomic E-state index is 0.0303. The summed E-state index contributed by atoms with van der Waals surface area (Å²) in [5, 5.41) is 65.5. The van der Waals surface area contributed by atoms with Gasteiger partial charge in [-0.2, -0.15) is 0 Å². The van der Waals surface area contributed by atoms with E-state index in [9.17, 15) is 45.0 Å². The van der Waals surface area contributed by atoms with Crippen LogP contribution in [0.2, 0.25) is 0 Å². The fraction of sp³-hybridized carbons (Fsp3) is 0.100. The third-order valence-corrected chi connectivity index (χ3v) is 7.41. The van der Waals surface area contributed by atoms with Gasteiger partial charge < -0.3 is 30.6 Å². The summed E-state index contributed by atoms with van der Waals surface area (Å²) < 4.78 is 0. The van der Waals surface area contributed by atoms with E-state index in [0.29, 0.717) is 5.56 Å². The Morgan fingerprint density at radius 3 is 2.03 bits per heavy atom. The van der Waals surface area contributed by atoms with Crippen molar-refractivity contribution in [1.29, 1.82) is 0 Å². The average Bonchev–Trinajstić information content (AvgIpc) is 2.89. The van der Waals surface area contributed by atoms with Crippen LogP contribution < -0.4 is 0 Å². The molecular weight excluding hydrogens is 504 g/mol. The summed E-state index contributed by atoms with van der Waals surface area (Å²) >= 11 is 0. The molecule has 0 aliphatic heterocycles. The molecule has 0 fully saturated rings. The molecule has 4 aromatic rings. The molecule has 0 radical (unpaired) electrons. The van der Waals surface area contributed by atoms with Crippen molar-refractivity contribution in [2.24, 2.45) is 0 Å². The molecule has 1 unspecified atom stereocenters. The molecule has 0 aromatic heterocycles. The number of aliphatic hydroxyl groups is 2. The second-order valence-electron chi connectivity index (χ2n) is 9.68. The Kier molecular flexibility index (Phi) is 5.00. The standard InChI is InChI=1S/C30H20O9/c1-12-7-15-22(20(33)8-12)28(37)23-14(26(15)35)5-6-17(27(23)36)30(39)16-3-2-4-19(32)24(16)29(38)25-18(30)9-13(11-31)10-21(25)34/h2-10,31-34,36,39H,11H2,1H3. The van der Waals surface area contributed by atoms with E-state index in [2.05, 4.69) is 0 Å². The van der Waals surface area contributed by atoms with Crippen LogP contribution in [0.5, 0.6) is 23.0 Å². The molecule has 2 aliphatic rings. The predicted octanol–water partition coefficient (Wildman–Crippen LogP) is 2.91. The summed E-state index contributed by atoms with van der Waals surface area (Å²) in [6.45, 7) is 1.09. The second kappa shape index (κ2) is 8.00. The Hall–Kier alpha value is -4.99. The summed E-state index contributed by atoms with van der Waals surface area (Å²) in [6.07, 6.45) is 0. The lowest BCUT2D eigenvalue weighted by atomic mass is 9.68. The van der Waals surface area contributed by atoms with Gasteiger partial charge in [-0.1, -0.05) is 18.2 Å². The predicted molar refractivity (Wildman–Crippen MR) is 135 cm³/mol. The molecule has 4 aromatic carbocycles. The molecule has 6 rings (SSSR count). The Morgan fingerprint density at radius 1 is 0.641 bits per heavy atom. The van der Waals surface area contributed by atoms with Crippen molar-refractivity contribution in [3.8, 4) is 23.0 Å². The van der Waals surface area contributed by atoms with Gasteiger partial charge in [0.1, 0.15) is 28.6 Å². The normalized spacial score (nSPS) is 17.4. The SMILES string of the molecule is Cc1cc(O)c2c(c1)C(=O)c1ccc(C3(O)c4cccc(O)c4C(=O)c4c(O)cc(CO)cc43)c(O)c1C2=O. The van der Waals surface area contributed by atoms with Crippen LogP contribution in [-0.4, -0.2) is 48.0 Å². The molecule has 0 amide bonds. The van der Waals surface area contributed by atoms with Crippen molar-refractivity contribution in [1.82, 2.24) is 0 Å². The maximum Gasteiger partial charge on any atom is 0.201 e. The number of fused-ring (bicyclic) bond motifs is 4. The fourth-order valence-corrected chi connectivity index (χ4v) is 5.70. The van der Waals surface area contributed by atoms with Gasteiger partial charge in [-0.05, 0) is 54.4 Å². The number of phenolic OH excluding ortho intramolecular Hbond substituents is 4. The van der Waals surface area contributed by atoms with Crippen LogP contribution in [0.25, 0.3) is 0 Å². The highest BCUT2D eigenvalue weighted by Crippen LogP contribution is 2.52. The van der Waals surface area contributed by atoms with Gasteiger partial charge in [-0.25, -0.2) is 0 Å². The number of rotatable bonds is 2. The van der Waals surface area contributed by atoms with E-state index in [4.69, 9.17) is 0 Å². The molecule has 0 spiro atoms. The molecule has 194 valence electrons. The van der Waals surface area contributed by atoms with Gasteiger partial charge in [0.15, 0.2) is 5.78 Å². The fourth-order valence-electron chi connectivity index (χ4n) is 5.70. The minimum atomic E-state index is -2.43. The second-order valence-corrected chi connectivity index (χ2v) is 9.68. The van der Waals surface area contributed by atoms with Gasteiger partial charge in [0.05, 0.1) is 28.9 Å². The van der Waals surface area contributed by atoms with Crippen molar-refractivity contribution in [3.05, 3.63) is 116 Å². The average molecular weight is 524 g/mol. The van der Waals surface area contributed by atoms with Crippen molar-refractivity contribution in [2.45, 2.75) is 19.1 Å². The Morgan fingerprint density at radius 2 is 1.31 bits per heavy atom. The van der Waals surface area contributed by atoms with Crippen LogP contribution in [0, 0.1) is 6.92 Å². The van der Waals surface area contributed by atoms with E-state index >= 15 is 0 Å². The van der Waals surface area contributed by atoms with Gasteiger partial charge in [0, 0.05) is 27.8 Å². The molecule has 9 nitrogen and oxygen atoms in total. The smallest absolute Gasteiger partial charge is 0.201 e. The molecule has 39 heavy (non-hydrogen) atoms. The first-order valence-corrected chi connectivity index (χ1v) is 11.9. The lowest BCUT2D eigenvalue weighted by molar-refractivity contribution is 0.0924. The quantitative estimate of drug-likeness (QED) is 0.203. The largest absolute Gasteiger partial charge is 0.507 e. The van der Waals surface area contributed by atoms with Crippen LogP contribution in [0.1, 0.15) is 75.6 Å². The van der Waals surface area contributed by atoms with E-state index in [-0.39, 0.29) is 50.1 Å². The summed E-state index contributed by atoms with van der Waals surface area (Å²) in [5.74, 6) is -4.58. The zero-order valence-corrected chi connectivity index (χ0v) is 20.3. The molecular formula is C30H20O9. The van der Waals surface area contributed by atoms with Gasteiger partial charge in [0.25, 0.3) is 0 Å². The summed E-state index contributed by atoms with van der Waals surface area (Å²) in [4.78, 5) is 40.3. The number of benzene rings is 4. The number of phenols is 4. The number of aryl methyl sites for hydroxylation is 1. The van der Waals surface area contributed by atoms with Gasteiger partial charge >= 0.3 is 0 Å². The summed E-state index contributed by atoms with van der Waals surface area (Å²) in [7, 11) is 0. The maximum atomic E-state index is 13.6. The zero-order valence-electron chi connectivity index (χ0n) is 20.3. The number of ketones is 3. The molecule has 0 bridgehead atoms. The highest BCUT2D eigenvalue weighted by atomic mass is 16.3. The lowest BCUT2D eigenvalue weighted by Gasteiger charge is -2.38. The highest BCUT2D eigenvalue weighted by molar-refractivity contribution is 6.30. The Labute approximate surface area is 220 Å². The molecule has 1 atom stereocenters. The van der Waals surface area contributed by atoms with Gasteiger partial charge in [0.2, 0.25) is 11.6 Å². The van der Waals surface area contributed by atoms with Crippen LogP contribution >= 0.6 is 0 Å². The summed E-state index contributed by atoms with van der Waals surface area (Å²) in [6, 6.07) is 11.6.